The third kappa shape index (κ3) is 8.58. The maximum absolute atomic E-state index is 14.0. The van der Waals surface area contributed by atoms with E-state index in [0.29, 0.717) is 54.0 Å². The molecule has 3 N–H and O–H groups in total. The molecule has 0 bridgehead atoms. The van der Waals surface area contributed by atoms with Crippen LogP contribution in [-0.4, -0.2) is 72.4 Å². The van der Waals surface area contributed by atoms with Crippen LogP contribution in [0.4, 0.5) is 31.7 Å². The number of hydrogen-bond acceptors (Lipinski definition) is 8. The molecule has 1 saturated carbocycles. The summed E-state index contributed by atoms with van der Waals surface area (Å²) in [6.07, 6.45) is 5.13. The molecule has 3 aromatic rings. The molecule has 0 radical (unpaired) electrons. The van der Waals surface area contributed by atoms with E-state index >= 15 is 0 Å². The zero-order valence-corrected chi connectivity index (χ0v) is 27.6. The number of aromatic nitrogens is 1. The molecular weight excluding hydrogens is 630 g/mol. The highest BCUT2D eigenvalue weighted by atomic mass is 19.2. The van der Waals surface area contributed by atoms with Gasteiger partial charge in [0.25, 0.3) is 0 Å². The van der Waals surface area contributed by atoms with E-state index in [1.165, 1.54) is 23.2 Å². The van der Waals surface area contributed by atoms with Gasteiger partial charge in [-0.2, -0.15) is 5.26 Å². The minimum absolute atomic E-state index is 0.0554. The second kappa shape index (κ2) is 15.7. The summed E-state index contributed by atoms with van der Waals surface area (Å²) < 4.78 is 27.2. The van der Waals surface area contributed by atoms with Gasteiger partial charge in [-0.15, -0.1) is 0 Å². The number of carbonyl (C=O) groups is 3. The average molecular weight is 671 g/mol. The van der Waals surface area contributed by atoms with Gasteiger partial charge >= 0.3 is 11.8 Å². The van der Waals surface area contributed by atoms with Gasteiger partial charge in [-0.1, -0.05) is 12.6 Å². The predicted octanol–water partition coefficient (Wildman–Crippen LogP) is 4.57. The molecule has 2 heterocycles. The first kappa shape index (κ1) is 35.0. The number of nitrogens with one attached hydrogen (secondary N) is 3. The molecule has 2 fully saturated rings. The highest BCUT2D eigenvalue weighted by Gasteiger charge is 2.34. The van der Waals surface area contributed by atoms with E-state index in [4.69, 9.17) is 5.26 Å². The minimum Gasteiger partial charge on any atom is -0.367 e. The molecule has 1 atom stereocenters. The number of carbonyl (C=O) groups excluding carboxylic acids is 3. The van der Waals surface area contributed by atoms with Crippen LogP contribution >= 0.6 is 0 Å². The Morgan fingerprint density at radius 2 is 1.84 bits per heavy atom. The summed E-state index contributed by atoms with van der Waals surface area (Å²) >= 11 is 0. The van der Waals surface area contributed by atoms with E-state index in [-0.39, 0.29) is 24.7 Å². The molecule has 0 spiro atoms. The van der Waals surface area contributed by atoms with Crippen LogP contribution in [0.5, 0.6) is 0 Å². The van der Waals surface area contributed by atoms with E-state index in [0.717, 1.165) is 37.5 Å². The van der Waals surface area contributed by atoms with Gasteiger partial charge in [-0.05, 0) is 93.8 Å². The summed E-state index contributed by atoms with van der Waals surface area (Å²) in [5.74, 6) is -3.54. The normalized spacial score (nSPS) is 19.3. The first-order valence-corrected chi connectivity index (χ1v) is 16.3. The molecule has 1 saturated heterocycles. The largest absolute Gasteiger partial charge is 0.367 e. The third-order valence-corrected chi connectivity index (χ3v) is 9.16. The smallest absolute Gasteiger partial charge is 0.316 e. The Bertz CT molecular complexity index is 1740. The van der Waals surface area contributed by atoms with Gasteiger partial charge in [0.05, 0.1) is 16.9 Å². The zero-order chi connectivity index (χ0) is 35.1. The number of benzene rings is 2. The van der Waals surface area contributed by atoms with Gasteiger partial charge in [0, 0.05) is 56.2 Å². The topological polar surface area (TPSA) is 134 Å². The van der Waals surface area contributed by atoms with Gasteiger partial charge < -0.3 is 30.7 Å². The Morgan fingerprint density at radius 3 is 2.49 bits per heavy atom. The maximum atomic E-state index is 14.0. The second-order valence-electron chi connectivity index (χ2n) is 12.5. The van der Waals surface area contributed by atoms with Crippen LogP contribution in [0.15, 0.2) is 67.4 Å². The number of rotatable bonds is 9. The Morgan fingerprint density at radius 1 is 1.06 bits per heavy atom. The summed E-state index contributed by atoms with van der Waals surface area (Å²) in [6, 6.07) is 14.1. The lowest BCUT2D eigenvalue weighted by Crippen LogP contribution is -2.50. The molecule has 256 valence electrons. The highest BCUT2D eigenvalue weighted by Crippen LogP contribution is 2.36. The molecule has 11 nitrogen and oxygen atoms in total. The lowest BCUT2D eigenvalue weighted by molar-refractivity contribution is -0.138. The molecule has 49 heavy (non-hydrogen) atoms. The van der Waals surface area contributed by atoms with Gasteiger partial charge in [0.1, 0.15) is 11.9 Å². The Labute approximate surface area is 284 Å². The van der Waals surface area contributed by atoms with E-state index in [2.05, 4.69) is 57.4 Å². The quantitative estimate of drug-likeness (QED) is 0.223. The first-order chi connectivity index (χ1) is 23.6. The molecule has 0 unspecified atom stereocenters. The predicted molar refractivity (Wildman–Crippen MR) is 184 cm³/mol. The van der Waals surface area contributed by atoms with Crippen molar-refractivity contribution in [3.05, 3.63) is 90.1 Å². The fourth-order valence-electron chi connectivity index (χ4n) is 6.24. The van der Waals surface area contributed by atoms with Crippen LogP contribution in [0.3, 0.4) is 0 Å². The standard InChI is InChI=1S/C36H40F2N8O3/c1-4-34(47)43-31-18-28(11-13-32(31)45-16-15-44(3)23(2)22-45)46(36(49)35(48)41-20-24-5-12-29(37)30(38)17-24)27-9-7-26(8-10-27)42-33-14-6-25(19-39)21-40-33/h4-6,11-14,17-18,21,23,26-27H,1,7-10,15-16,20,22H2,2-3H3,(H,40,42)(H,41,48)(H,43,47)/t23-,26?,27?/m0/s1. The molecule has 1 aliphatic carbocycles. The fraction of sp³-hybridized carbons (Fsp3) is 0.361. The van der Waals surface area contributed by atoms with Crippen LogP contribution in [0.1, 0.15) is 43.7 Å². The van der Waals surface area contributed by atoms with Crippen molar-refractivity contribution in [3.63, 3.8) is 0 Å². The first-order valence-electron chi connectivity index (χ1n) is 16.3. The maximum Gasteiger partial charge on any atom is 0.316 e. The number of nitriles is 1. The van der Waals surface area contributed by atoms with Crippen molar-refractivity contribution in [1.82, 2.24) is 15.2 Å². The van der Waals surface area contributed by atoms with Crippen molar-refractivity contribution in [2.24, 2.45) is 0 Å². The number of amides is 3. The Balaban J connectivity index is 1.41. The van der Waals surface area contributed by atoms with E-state index < -0.39 is 29.4 Å². The monoisotopic (exact) mass is 670 g/mol. The molecule has 3 amide bonds. The highest BCUT2D eigenvalue weighted by molar-refractivity contribution is 6.40. The van der Waals surface area contributed by atoms with Crippen LogP contribution < -0.4 is 25.8 Å². The number of hydrogen-bond donors (Lipinski definition) is 3. The minimum atomic E-state index is -1.05. The Hall–Kier alpha value is -5.35. The molecule has 13 heteroatoms. The van der Waals surface area contributed by atoms with E-state index in [1.54, 1.807) is 24.3 Å². The van der Waals surface area contributed by atoms with Gasteiger partial charge in [-0.25, -0.2) is 13.8 Å². The van der Waals surface area contributed by atoms with E-state index in [1.807, 2.05) is 6.07 Å². The number of anilines is 4. The van der Waals surface area contributed by atoms with Gasteiger partial charge in [0.2, 0.25) is 5.91 Å². The third-order valence-electron chi connectivity index (χ3n) is 9.16. The molecular formula is C36H40F2N8O3. The van der Waals surface area contributed by atoms with Crippen LogP contribution in [0.2, 0.25) is 0 Å². The molecule has 2 aromatic carbocycles. The van der Waals surface area contributed by atoms with Crippen LogP contribution in [-0.2, 0) is 20.9 Å². The number of pyridine rings is 1. The van der Waals surface area contributed by atoms with Crippen molar-refractivity contribution in [2.45, 2.75) is 57.3 Å². The lowest BCUT2D eigenvalue weighted by Gasteiger charge is -2.40. The van der Waals surface area contributed by atoms with Crippen LogP contribution in [0, 0.1) is 23.0 Å². The van der Waals surface area contributed by atoms with Crippen molar-refractivity contribution in [3.8, 4) is 6.07 Å². The number of nitrogens with zero attached hydrogens (tertiary/aromatic N) is 5. The summed E-state index contributed by atoms with van der Waals surface area (Å²) in [6.45, 7) is 7.83. The summed E-state index contributed by atoms with van der Waals surface area (Å²) in [5.41, 5.74) is 2.47. The van der Waals surface area contributed by atoms with Crippen molar-refractivity contribution in [1.29, 1.82) is 5.26 Å². The number of piperazine rings is 1. The van der Waals surface area contributed by atoms with Crippen molar-refractivity contribution >= 4 is 40.6 Å². The fourth-order valence-corrected chi connectivity index (χ4v) is 6.24. The van der Waals surface area contributed by atoms with Gasteiger partial charge in [0.15, 0.2) is 11.6 Å². The lowest BCUT2D eigenvalue weighted by atomic mass is 9.89. The SMILES string of the molecule is C=CC(=O)Nc1cc(N(C(=O)C(=O)NCc2ccc(F)c(F)c2)C2CCC(Nc3ccc(C#N)cn3)CC2)ccc1N1CCN(C)[C@@H](C)C1. The summed E-state index contributed by atoms with van der Waals surface area (Å²) in [5, 5.41) is 17.9. The van der Waals surface area contributed by atoms with Gasteiger partial charge in [-0.3, -0.25) is 14.4 Å². The molecule has 5 rings (SSSR count). The molecule has 2 aliphatic rings. The van der Waals surface area contributed by atoms with Crippen molar-refractivity contribution in [2.75, 3.05) is 47.1 Å². The van der Waals surface area contributed by atoms with Crippen LogP contribution in [0.25, 0.3) is 0 Å². The number of halogens is 2. The zero-order valence-electron chi connectivity index (χ0n) is 27.6. The van der Waals surface area contributed by atoms with E-state index in [9.17, 15) is 23.2 Å². The number of likely N-dealkylation sites (N-methyl/N-ethyl adjacent to an activating group) is 1. The second-order valence-corrected chi connectivity index (χ2v) is 12.5. The summed E-state index contributed by atoms with van der Waals surface area (Å²) in [7, 11) is 2.07. The summed E-state index contributed by atoms with van der Waals surface area (Å²) in [4.78, 5) is 50.1. The molecule has 1 aliphatic heterocycles. The molecule has 1 aromatic heterocycles. The average Bonchev–Trinajstić information content (AvgIpc) is 3.11. The van der Waals surface area contributed by atoms with Crippen molar-refractivity contribution < 1.29 is 23.2 Å². The Kier molecular flexibility index (Phi) is 11.2.